The third-order valence-electron chi connectivity index (χ3n) is 4.65. The van der Waals surface area contributed by atoms with E-state index in [0.717, 1.165) is 27.9 Å². The van der Waals surface area contributed by atoms with E-state index >= 15 is 0 Å². The second-order valence-corrected chi connectivity index (χ2v) is 7.59. The molecule has 0 aromatic heterocycles. The number of amides is 2. The van der Waals surface area contributed by atoms with Crippen LogP contribution in [0.1, 0.15) is 28.7 Å². The van der Waals surface area contributed by atoms with Crippen LogP contribution in [0.15, 0.2) is 30.3 Å². The van der Waals surface area contributed by atoms with E-state index in [1.165, 1.54) is 0 Å². The number of nitrogens with one attached hydrogen (secondary N) is 1. The van der Waals surface area contributed by atoms with Crippen molar-refractivity contribution in [1.29, 1.82) is 0 Å². The quantitative estimate of drug-likeness (QED) is 0.860. The van der Waals surface area contributed by atoms with Gasteiger partial charge in [-0.2, -0.15) is 0 Å². The predicted molar refractivity (Wildman–Crippen MR) is 106 cm³/mol. The largest absolute Gasteiger partial charge is 0.326 e. The molecule has 0 bridgehead atoms. The molecule has 1 aliphatic rings. The van der Waals surface area contributed by atoms with Gasteiger partial charge in [-0.1, -0.05) is 23.7 Å². The Labute approximate surface area is 159 Å². The summed E-state index contributed by atoms with van der Waals surface area (Å²) in [6.45, 7) is 8.23. The summed E-state index contributed by atoms with van der Waals surface area (Å²) in [5.74, 6) is -0.591. The molecule has 2 aromatic carbocycles. The molecular formula is C21H23ClN2O2. The highest BCUT2D eigenvalue weighted by Gasteiger charge is 2.36. The summed E-state index contributed by atoms with van der Waals surface area (Å²) in [5, 5.41) is 3.49. The minimum absolute atomic E-state index is 0.0700. The molecule has 4 nitrogen and oxygen atoms in total. The van der Waals surface area contributed by atoms with Crippen LogP contribution in [0.25, 0.3) is 0 Å². The van der Waals surface area contributed by atoms with Crippen LogP contribution in [-0.4, -0.2) is 18.4 Å². The zero-order chi connectivity index (χ0) is 19.0. The van der Waals surface area contributed by atoms with Crippen LogP contribution >= 0.6 is 11.6 Å². The maximum atomic E-state index is 12.7. The Kier molecular flexibility index (Phi) is 5.05. The molecule has 0 radical (unpaired) electrons. The van der Waals surface area contributed by atoms with Gasteiger partial charge in [0.05, 0.1) is 16.6 Å². The molecule has 1 aliphatic heterocycles. The molecule has 1 fully saturated rings. The number of carbonyl (C=O) groups is 2. The fourth-order valence-corrected chi connectivity index (χ4v) is 4.06. The highest BCUT2D eigenvalue weighted by Crippen LogP contribution is 2.35. The minimum Gasteiger partial charge on any atom is -0.326 e. The summed E-state index contributed by atoms with van der Waals surface area (Å²) in [7, 11) is 0. The van der Waals surface area contributed by atoms with E-state index in [0.29, 0.717) is 17.3 Å². The number of rotatable bonds is 3. The third kappa shape index (κ3) is 3.75. The number of halogens is 1. The van der Waals surface area contributed by atoms with E-state index in [1.807, 2.05) is 52.0 Å². The van der Waals surface area contributed by atoms with Gasteiger partial charge in [0.1, 0.15) is 0 Å². The number of anilines is 2. The fraction of sp³-hybridized carbons (Fsp3) is 0.333. The number of hydrogen-bond acceptors (Lipinski definition) is 2. The maximum Gasteiger partial charge on any atom is 0.229 e. The van der Waals surface area contributed by atoms with E-state index in [4.69, 9.17) is 11.6 Å². The van der Waals surface area contributed by atoms with Crippen molar-refractivity contribution < 1.29 is 9.59 Å². The van der Waals surface area contributed by atoms with Crippen LogP contribution in [0.2, 0.25) is 5.02 Å². The number of benzene rings is 2. The average Bonchev–Trinajstić information content (AvgIpc) is 2.87. The molecule has 0 saturated carbocycles. The molecule has 1 heterocycles. The van der Waals surface area contributed by atoms with Crippen molar-refractivity contribution in [2.24, 2.45) is 5.92 Å². The van der Waals surface area contributed by atoms with E-state index in [-0.39, 0.29) is 24.2 Å². The fourth-order valence-electron chi connectivity index (χ4n) is 3.64. The smallest absolute Gasteiger partial charge is 0.229 e. The van der Waals surface area contributed by atoms with Gasteiger partial charge in [0.15, 0.2) is 0 Å². The predicted octanol–water partition coefficient (Wildman–Crippen LogP) is 4.57. The minimum atomic E-state index is -0.389. The topological polar surface area (TPSA) is 49.4 Å². The SMILES string of the molecule is Cc1cc(C)cc(NC(=O)C2CC(=O)N(c3c(C)cc(C)cc3Cl)C2)c1. The Bertz CT molecular complexity index is 848. The highest BCUT2D eigenvalue weighted by atomic mass is 35.5. The summed E-state index contributed by atoms with van der Waals surface area (Å²) in [6, 6.07) is 9.76. The zero-order valence-corrected chi connectivity index (χ0v) is 16.3. The van der Waals surface area contributed by atoms with Crippen molar-refractivity contribution in [3.8, 4) is 0 Å². The van der Waals surface area contributed by atoms with Crippen LogP contribution in [0.5, 0.6) is 0 Å². The van der Waals surface area contributed by atoms with Crippen molar-refractivity contribution in [3.63, 3.8) is 0 Å². The molecule has 3 rings (SSSR count). The lowest BCUT2D eigenvalue weighted by Crippen LogP contribution is -2.29. The van der Waals surface area contributed by atoms with Crippen LogP contribution in [0.4, 0.5) is 11.4 Å². The molecule has 1 saturated heterocycles. The summed E-state index contributed by atoms with van der Waals surface area (Å²) < 4.78 is 0. The van der Waals surface area contributed by atoms with Crippen molar-refractivity contribution in [2.75, 3.05) is 16.8 Å². The molecule has 136 valence electrons. The van der Waals surface area contributed by atoms with Gasteiger partial charge >= 0.3 is 0 Å². The van der Waals surface area contributed by atoms with E-state index in [1.54, 1.807) is 4.90 Å². The zero-order valence-electron chi connectivity index (χ0n) is 15.5. The first-order valence-corrected chi connectivity index (χ1v) is 9.08. The van der Waals surface area contributed by atoms with Gasteiger partial charge in [-0.15, -0.1) is 0 Å². The molecule has 1 atom stereocenters. The molecule has 1 unspecified atom stereocenters. The first kappa shape index (κ1) is 18.5. The Morgan fingerprint density at radius 3 is 2.27 bits per heavy atom. The van der Waals surface area contributed by atoms with Gasteiger partial charge in [-0.05, 0) is 68.1 Å². The Morgan fingerprint density at radius 1 is 1.04 bits per heavy atom. The number of carbonyl (C=O) groups excluding carboxylic acids is 2. The van der Waals surface area contributed by atoms with Crippen molar-refractivity contribution in [1.82, 2.24) is 0 Å². The van der Waals surface area contributed by atoms with Crippen molar-refractivity contribution in [3.05, 3.63) is 57.6 Å². The van der Waals surface area contributed by atoms with Crippen molar-refractivity contribution in [2.45, 2.75) is 34.1 Å². The van der Waals surface area contributed by atoms with Crippen LogP contribution in [-0.2, 0) is 9.59 Å². The van der Waals surface area contributed by atoms with E-state index < -0.39 is 0 Å². The lowest BCUT2D eigenvalue weighted by molar-refractivity contribution is -0.122. The summed E-state index contributed by atoms with van der Waals surface area (Å²) >= 11 is 6.38. The molecule has 0 aliphatic carbocycles. The molecule has 0 spiro atoms. The van der Waals surface area contributed by atoms with Gasteiger partial charge in [-0.3, -0.25) is 9.59 Å². The van der Waals surface area contributed by atoms with E-state index in [9.17, 15) is 9.59 Å². The van der Waals surface area contributed by atoms with E-state index in [2.05, 4.69) is 11.4 Å². The number of hydrogen-bond donors (Lipinski definition) is 1. The van der Waals surface area contributed by atoms with Gasteiger partial charge in [0.2, 0.25) is 11.8 Å². The highest BCUT2D eigenvalue weighted by molar-refractivity contribution is 6.34. The average molecular weight is 371 g/mol. The van der Waals surface area contributed by atoms with Crippen LogP contribution in [0.3, 0.4) is 0 Å². The second-order valence-electron chi connectivity index (χ2n) is 7.18. The van der Waals surface area contributed by atoms with Crippen molar-refractivity contribution >= 4 is 34.8 Å². The number of nitrogens with zero attached hydrogens (tertiary/aromatic N) is 1. The summed E-state index contributed by atoms with van der Waals surface area (Å²) in [4.78, 5) is 26.8. The Morgan fingerprint density at radius 2 is 1.65 bits per heavy atom. The molecule has 2 amide bonds. The van der Waals surface area contributed by atoms with Gasteiger partial charge in [-0.25, -0.2) is 0 Å². The van der Waals surface area contributed by atoms with Gasteiger partial charge in [0.25, 0.3) is 0 Å². The molecule has 1 N–H and O–H groups in total. The molecular weight excluding hydrogens is 348 g/mol. The number of aryl methyl sites for hydroxylation is 4. The lowest BCUT2D eigenvalue weighted by atomic mass is 10.1. The molecule has 2 aromatic rings. The Balaban J connectivity index is 1.78. The normalized spacial score (nSPS) is 16.9. The summed E-state index contributed by atoms with van der Waals surface area (Å²) in [6.07, 6.45) is 0.195. The van der Waals surface area contributed by atoms with Gasteiger partial charge < -0.3 is 10.2 Å². The maximum absolute atomic E-state index is 12.7. The summed E-state index contributed by atoms with van der Waals surface area (Å²) in [5.41, 5.74) is 5.65. The first-order chi connectivity index (χ1) is 12.2. The standard InChI is InChI=1S/C21H23ClN2O2/c1-12-5-13(2)8-17(7-12)23-21(26)16-10-19(25)24(11-16)20-15(4)6-14(3)9-18(20)22/h5-9,16H,10-11H2,1-4H3,(H,23,26). The first-order valence-electron chi connectivity index (χ1n) is 8.71. The monoisotopic (exact) mass is 370 g/mol. The van der Waals surface area contributed by atoms with Crippen LogP contribution in [0, 0.1) is 33.6 Å². The molecule has 5 heteroatoms. The molecule has 26 heavy (non-hydrogen) atoms. The third-order valence-corrected chi connectivity index (χ3v) is 4.94. The lowest BCUT2D eigenvalue weighted by Gasteiger charge is -2.21. The van der Waals surface area contributed by atoms with Crippen LogP contribution < -0.4 is 10.2 Å². The van der Waals surface area contributed by atoms with Gasteiger partial charge in [0, 0.05) is 18.7 Å². The second kappa shape index (κ2) is 7.12. The Hall–Kier alpha value is -2.33.